The quantitative estimate of drug-likeness (QED) is 0.897. The van der Waals surface area contributed by atoms with Crippen LogP contribution in [0.2, 0.25) is 5.02 Å². The van der Waals surface area contributed by atoms with E-state index in [0.29, 0.717) is 31.2 Å². The molecule has 2 aromatic rings. The Balaban J connectivity index is 2.04. The van der Waals surface area contributed by atoms with E-state index in [2.05, 4.69) is 10.4 Å². The summed E-state index contributed by atoms with van der Waals surface area (Å²) in [7, 11) is 0. The minimum atomic E-state index is -4.71. The van der Waals surface area contributed by atoms with Crippen molar-refractivity contribution in [3.05, 3.63) is 46.7 Å². The largest absolute Gasteiger partial charge is 0.434 e. The highest BCUT2D eigenvalue weighted by Gasteiger charge is 2.41. The van der Waals surface area contributed by atoms with E-state index in [0.717, 1.165) is 10.9 Å². The van der Waals surface area contributed by atoms with Gasteiger partial charge in [0.15, 0.2) is 5.69 Å². The number of aromatic nitrogens is 2. The first-order chi connectivity index (χ1) is 11.4. The predicted molar refractivity (Wildman–Crippen MR) is 82.3 cm³/mol. The highest BCUT2D eigenvalue weighted by atomic mass is 35.5. The van der Waals surface area contributed by atoms with E-state index >= 15 is 0 Å². The van der Waals surface area contributed by atoms with Crippen LogP contribution >= 0.6 is 11.6 Å². The number of hydrogen-bond donors (Lipinski definition) is 1. The van der Waals surface area contributed by atoms with Crippen molar-refractivity contribution in [3.8, 4) is 5.69 Å². The maximum atomic E-state index is 13.6. The van der Waals surface area contributed by atoms with E-state index in [1.807, 2.05) is 0 Å². The smallest absolute Gasteiger partial charge is 0.336 e. The molecule has 1 saturated heterocycles. The highest BCUT2D eigenvalue weighted by molar-refractivity contribution is 6.30. The molecule has 1 aromatic carbocycles. The molecule has 2 heterocycles. The molecule has 1 amide bonds. The Morgan fingerprint density at radius 2 is 1.79 bits per heavy atom. The van der Waals surface area contributed by atoms with Crippen molar-refractivity contribution in [2.45, 2.75) is 6.18 Å². The fourth-order valence-corrected chi connectivity index (χ4v) is 2.72. The molecule has 1 aliphatic rings. The Morgan fingerprint density at radius 3 is 2.38 bits per heavy atom. The lowest BCUT2D eigenvalue weighted by atomic mass is 10.2. The van der Waals surface area contributed by atoms with Crippen molar-refractivity contribution >= 4 is 17.5 Å². The molecular formula is C15H14ClF3N4O. The van der Waals surface area contributed by atoms with Crippen molar-refractivity contribution in [2.24, 2.45) is 0 Å². The van der Waals surface area contributed by atoms with Gasteiger partial charge >= 0.3 is 6.18 Å². The van der Waals surface area contributed by atoms with Crippen LogP contribution < -0.4 is 5.32 Å². The molecule has 0 spiro atoms. The van der Waals surface area contributed by atoms with Crippen LogP contribution in [-0.2, 0) is 6.18 Å². The van der Waals surface area contributed by atoms with Crippen molar-refractivity contribution in [2.75, 3.05) is 26.2 Å². The molecule has 3 rings (SSSR count). The average molecular weight is 359 g/mol. The minimum Gasteiger partial charge on any atom is -0.336 e. The van der Waals surface area contributed by atoms with Gasteiger partial charge in [0.2, 0.25) is 0 Å². The first-order valence-electron chi connectivity index (χ1n) is 7.29. The SMILES string of the molecule is O=C(c1cnn(-c2ccc(Cl)cc2)c1C(F)(F)F)N1CCNCC1. The topological polar surface area (TPSA) is 50.2 Å². The van der Waals surface area contributed by atoms with Crippen LogP contribution in [0.15, 0.2) is 30.5 Å². The minimum absolute atomic E-state index is 0.186. The maximum Gasteiger partial charge on any atom is 0.434 e. The van der Waals surface area contributed by atoms with Crippen molar-refractivity contribution in [1.29, 1.82) is 0 Å². The third-order valence-electron chi connectivity index (χ3n) is 3.74. The summed E-state index contributed by atoms with van der Waals surface area (Å²) >= 11 is 5.77. The zero-order valence-corrected chi connectivity index (χ0v) is 13.2. The second-order valence-electron chi connectivity index (χ2n) is 5.34. The molecule has 1 aromatic heterocycles. The third-order valence-corrected chi connectivity index (χ3v) is 4.00. The zero-order valence-electron chi connectivity index (χ0n) is 12.5. The Labute approximate surface area is 141 Å². The lowest BCUT2D eigenvalue weighted by molar-refractivity contribution is -0.143. The molecule has 5 nitrogen and oxygen atoms in total. The van der Waals surface area contributed by atoms with Crippen molar-refractivity contribution in [3.63, 3.8) is 0 Å². The molecule has 1 N–H and O–H groups in total. The van der Waals surface area contributed by atoms with Gasteiger partial charge in [-0.15, -0.1) is 0 Å². The van der Waals surface area contributed by atoms with Gasteiger partial charge in [-0.1, -0.05) is 11.6 Å². The van der Waals surface area contributed by atoms with Gasteiger partial charge in [-0.2, -0.15) is 18.3 Å². The lowest BCUT2D eigenvalue weighted by Gasteiger charge is -2.27. The first kappa shape index (κ1) is 16.8. The van der Waals surface area contributed by atoms with Crippen LogP contribution in [-0.4, -0.2) is 46.8 Å². The van der Waals surface area contributed by atoms with Crippen molar-refractivity contribution in [1.82, 2.24) is 20.0 Å². The Morgan fingerprint density at radius 1 is 1.17 bits per heavy atom. The summed E-state index contributed by atoms with van der Waals surface area (Å²) in [6.45, 7) is 1.83. The number of nitrogens with zero attached hydrogens (tertiary/aromatic N) is 3. The molecule has 0 aliphatic carbocycles. The maximum absolute atomic E-state index is 13.6. The number of nitrogens with one attached hydrogen (secondary N) is 1. The van der Waals surface area contributed by atoms with Crippen LogP contribution in [0, 0.1) is 0 Å². The van der Waals surface area contributed by atoms with Gasteiger partial charge < -0.3 is 10.2 Å². The number of hydrogen-bond acceptors (Lipinski definition) is 3. The average Bonchev–Trinajstić information content (AvgIpc) is 3.01. The summed E-state index contributed by atoms with van der Waals surface area (Å²) in [5.41, 5.74) is -1.33. The molecule has 0 radical (unpaired) electrons. The molecule has 0 unspecified atom stereocenters. The van der Waals surface area contributed by atoms with Gasteiger partial charge in [-0.3, -0.25) is 4.79 Å². The normalized spacial score (nSPS) is 15.6. The van der Waals surface area contributed by atoms with Gasteiger partial charge in [-0.25, -0.2) is 4.68 Å². The number of benzene rings is 1. The number of piperazine rings is 1. The zero-order chi connectivity index (χ0) is 17.3. The van der Waals surface area contributed by atoms with Crippen LogP contribution in [0.4, 0.5) is 13.2 Å². The van der Waals surface area contributed by atoms with Crippen LogP contribution in [0.1, 0.15) is 16.1 Å². The Kier molecular flexibility index (Phi) is 4.51. The molecule has 1 fully saturated rings. The summed E-state index contributed by atoms with van der Waals surface area (Å²) < 4.78 is 41.4. The van der Waals surface area contributed by atoms with Gasteiger partial charge in [0.05, 0.1) is 17.4 Å². The molecule has 0 atom stereocenters. The summed E-state index contributed by atoms with van der Waals surface area (Å²) in [6.07, 6.45) is -3.74. The highest BCUT2D eigenvalue weighted by Crippen LogP contribution is 2.34. The van der Waals surface area contributed by atoms with Crippen molar-refractivity contribution < 1.29 is 18.0 Å². The molecule has 1 aliphatic heterocycles. The third kappa shape index (κ3) is 3.25. The number of amides is 1. The van der Waals surface area contributed by atoms with Gasteiger partial charge in [0.1, 0.15) is 0 Å². The van der Waals surface area contributed by atoms with Crippen LogP contribution in [0.5, 0.6) is 0 Å². The van der Waals surface area contributed by atoms with E-state index in [1.165, 1.54) is 29.2 Å². The van der Waals surface area contributed by atoms with Gasteiger partial charge in [0, 0.05) is 31.2 Å². The second kappa shape index (κ2) is 6.45. The second-order valence-corrected chi connectivity index (χ2v) is 5.77. The van der Waals surface area contributed by atoms with Gasteiger partial charge in [-0.05, 0) is 24.3 Å². The molecule has 24 heavy (non-hydrogen) atoms. The van der Waals surface area contributed by atoms with Crippen LogP contribution in [0.25, 0.3) is 5.69 Å². The fraction of sp³-hybridized carbons (Fsp3) is 0.333. The Hall–Kier alpha value is -2.06. The molecule has 0 saturated carbocycles. The van der Waals surface area contributed by atoms with E-state index in [-0.39, 0.29) is 5.69 Å². The van der Waals surface area contributed by atoms with E-state index in [1.54, 1.807) is 0 Å². The summed E-state index contributed by atoms with van der Waals surface area (Å²) in [4.78, 5) is 13.9. The van der Waals surface area contributed by atoms with E-state index in [4.69, 9.17) is 11.6 Å². The number of alkyl halides is 3. The lowest BCUT2D eigenvalue weighted by Crippen LogP contribution is -2.46. The number of rotatable bonds is 2. The van der Waals surface area contributed by atoms with E-state index in [9.17, 15) is 18.0 Å². The predicted octanol–water partition coefficient (Wildman–Crippen LogP) is 2.59. The Bertz CT molecular complexity index is 736. The molecule has 9 heteroatoms. The molecular weight excluding hydrogens is 345 g/mol. The first-order valence-corrected chi connectivity index (χ1v) is 7.67. The van der Waals surface area contributed by atoms with Gasteiger partial charge in [0.25, 0.3) is 5.91 Å². The molecule has 128 valence electrons. The summed E-state index contributed by atoms with van der Waals surface area (Å²) in [5, 5.41) is 7.24. The summed E-state index contributed by atoms with van der Waals surface area (Å²) in [5.74, 6) is -0.663. The number of carbonyl (C=O) groups is 1. The monoisotopic (exact) mass is 358 g/mol. The molecule has 0 bridgehead atoms. The van der Waals surface area contributed by atoms with Crippen LogP contribution in [0.3, 0.4) is 0 Å². The number of carbonyl (C=O) groups excluding carboxylic acids is 1. The summed E-state index contributed by atoms with van der Waals surface area (Å²) in [6, 6.07) is 5.78. The fourth-order valence-electron chi connectivity index (χ4n) is 2.59. The standard InChI is InChI=1S/C15H14ClF3N4O/c16-10-1-3-11(4-2-10)23-13(15(17,18)19)12(9-21-23)14(24)22-7-5-20-6-8-22/h1-4,9,20H,5-8H2. The number of halogens is 4. The van der Waals surface area contributed by atoms with E-state index < -0.39 is 23.3 Å².